The monoisotopic (exact) mass is 976 g/mol. The number of amides is 2. The van der Waals surface area contributed by atoms with Gasteiger partial charge in [-0.1, -0.05) is 94.9 Å². The Bertz CT molecular complexity index is 2330. The quantitative estimate of drug-likeness (QED) is 0.0258. The second-order valence-corrected chi connectivity index (χ2v) is 19.1. The molecule has 71 heavy (non-hydrogen) atoms. The van der Waals surface area contributed by atoms with Crippen LogP contribution in [0, 0.1) is 39.2 Å². The first kappa shape index (κ1) is 54.3. The summed E-state index contributed by atoms with van der Waals surface area (Å²) in [6, 6.07) is 19.2. The molecule has 6 atom stereocenters. The molecule has 2 amide bonds. The third kappa shape index (κ3) is 14.1. The summed E-state index contributed by atoms with van der Waals surface area (Å²) in [7, 11) is 1.70. The normalized spacial score (nSPS) is 21.4. The molecule has 0 saturated heterocycles. The number of allylic oxidation sites excluding steroid dienone is 1. The molecule has 1 heterocycles. The van der Waals surface area contributed by atoms with E-state index in [1.807, 2.05) is 6.07 Å². The number of rotatable bonds is 29. The molecule has 0 spiro atoms. The van der Waals surface area contributed by atoms with Gasteiger partial charge >= 0.3 is 6.09 Å². The van der Waals surface area contributed by atoms with Crippen LogP contribution in [-0.4, -0.2) is 83.0 Å². The molecular weight excluding hydrogens is 903 g/mol. The van der Waals surface area contributed by atoms with Crippen LogP contribution in [0.15, 0.2) is 96.2 Å². The van der Waals surface area contributed by atoms with Crippen molar-refractivity contribution in [1.29, 1.82) is 5.26 Å². The molecule has 1 aliphatic heterocycles. The zero-order valence-corrected chi connectivity index (χ0v) is 41.6. The predicted molar refractivity (Wildman–Crippen MR) is 272 cm³/mol. The molecule has 2 aliphatic carbocycles. The average molecular weight is 976 g/mol. The molecule has 0 radical (unpaired) electrons. The van der Waals surface area contributed by atoms with Crippen molar-refractivity contribution in [3.63, 3.8) is 0 Å². The second-order valence-electron chi connectivity index (χ2n) is 19.1. The molecule has 15 nitrogen and oxygen atoms in total. The lowest BCUT2D eigenvalue weighted by Crippen LogP contribution is -2.69. The number of non-ortho nitro benzene ring substituents is 1. The van der Waals surface area contributed by atoms with Crippen molar-refractivity contribution in [3.05, 3.63) is 123 Å². The number of benzene rings is 3. The molecule has 0 unspecified atom stereocenters. The van der Waals surface area contributed by atoms with Crippen LogP contribution in [-0.2, 0) is 16.2 Å². The van der Waals surface area contributed by atoms with Gasteiger partial charge < -0.3 is 39.5 Å². The van der Waals surface area contributed by atoms with Crippen LogP contribution in [0.3, 0.4) is 0 Å². The maximum absolute atomic E-state index is 14.7. The van der Waals surface area contributed by atoms with Crippen molar-refractivity contribution in [1.82, 2.24) is 10.2 Å². The van der Waals surface area contributed by atoms with Gasteiger partial charge in [-0.05, 0) is 110 Å². The van der Waals surface area contributed by atoms with Crippen molar-refractivity contribution in [2.24, 2.45) is 22.9 Å². The minimum Gasteiger partial charge on any atom is -0.459 e. The molecule has 0 aromatic heterocycles. The predicted octanol–water partition coefficient (Wildman–Crippen LogP) is 11.1. The number of fused-ring (bicyclic) bond motifs is 2. The summed E-state index contributed by atoms with van der Waals surface area (Å²) in [6.07, 6.45) is 19.5. The molecule has 3 aliphatic rings. The topological polar surface area (TPSA) is 206 Å². The van der Waals surface area contributed by atoms with Gasteiger partial charge in [-0.2, -0.15) is 5.26 Å². The van der Waals surface area contributed by atoms with Crippen LogP contribution < -0.4 is 14.8 Å². The number of nitrogens with one attached hydrogen (secondary N) is 1. The average Bonchev–Trinajstić information content (AvgIpc) is 3.38. The Kier molecular flexibility index (Phi) is 21.0. The zero-order valence-electron chi connectivity index (χ0n) is 41.6. The number of aliphatic hydroxyl groups is 2. The lowest BCUT2D eigenvalue weighted by Gasteiger charge is -2.59. The number of oxime groups is 1. The number of likely N-dealkylation sites (N-methyl/N-ethyl adjacent to an activating group) is 1. The molecule has 15 heteroatoms. The van der Waals surface area contributed by atoms with E-state index >= 15 is 0 Å². The lowest BCUT2D eigenvalue weighted by molar-refractivity contribution is -0.384. The Hall–Kier alpha value is -6.08. The minimum atomic E-state index is -1.52. The Morgan fingerprint density at radius 1 is 0.944 bits per heavy atom. The summed E-state index contributed by atoms with van der Waals surface area (Å²) in [6.45, 7) is 6.88. The summed E-state index contributed by atoms with van der Waals surface area (Å²) >= 11 is 0. The van der Waals surface area contributed by atoms with Gasteiger partial charge in [0.05, 0.1) is 34.8 Å². The summed E-state index contributed by atoms with van der Waals surface area (Å²) in [5, 5.41) is 48.6. The summed E-state index contributed by atoms with van der Waals surface area (Å²) in [5.41, 5.74) is 3.57. The fourth-order valence-electron chi connectivity index (χ4n) is 10.7. The van der Waals surface area contributed by atoms with Gasteiger partial charge in [0, 0.05) is 62.4 Å². The first-order chi connectivity index (χ1) is 34.6. The van der Waals surface area contributed by atoms with Gasteiger partial charge in [-0.3, -0.25) is 14.9 Å². The highest BCUT2D eigenvalue weighted by Crippen LogP contribution is 2.62. The molecule has 1 saturated carbocycles. The van der Waals surface area contributed by atoms with E-state index in [4.69, 9.17) is 24.2 Å². The molecular formula is C56H73N5O10. The van der Waals surface area contributed by atoms with Gasteiger partial charge in [0.25, 0.3) is 11.6 Å². The number of aliphatic hydroxyl groups excluding tert-OH is 2. The van der Waals surface area contributed by atoms with E-state index in [-0.39, 0.29) is 62.2 Å². The highest BCUT2D eigenvalue weighted by molar-refractivity contribution is 6.03. The van der Waals surface area contributed by atoms with E-state index in [2.05, 4.69) is 31.0 Å². The largest absolute Gasteiger partial charge is 0.459 e. The van der Waals surface area contributed by atoms with Crippen molar-refractivity contribution < 1.29 is 43.8 Å². The first-order valence-electron chi connectivity index (χ1n) is 25.8. The Morgan fingerprint density at radius 3 is 2.27 bits per heavy atom. The van der Waals surface area contributed by atoms with Gasteiger partial charge in [0.15, 0.2) is 0 Å². The molecule has 3 aromatic rings. The number of carbonyl (C=O) groups excluding carboxylic acids is 2. The van der Waals surface area contributed by atoms with Crippen molar-refractivity contribution >= 4 is 23.4 Å². The SMILES string of the molecule is C=CCO[C@@]12Oc3ccc(OC(=O)NCCCCCCCCCCCC)cc3[C@H]3[C@H](CCCCO)[C@@H](CCCCO)C=C(C(=NOCc4ccc([N+](=O)[O-])cc4)C[C@@H]1N(C)C(=O)c1ccc(C#N)cc1)[C@H]32. The molecule has 382 valence electrons. The molecule has 3 aromatic carbocycles. The molecule has 3 N–H and O–H groups in total. The highest BCUT2D eigenvalue weighted by Gasteiger charge is 2.65. The number of hydrogen-bond donors (Lipinski definition) is 3. The Morgan fingerprint density at radius 2 is 1.62 bits per heavy atom. The van der Waals surface area contributed by atoms with Crippen LogP contribution in [0.2, 0.25) is 0 Å². The summed E-state index contributed by atoms with van der Waals surface area (Å²) < 4.78 is 20.2. The van der Waals surface area contributed by atoms with Crippen molar-refractivity contribution in [3.8, 4) is 17.6 Å². The van der Waals surface area contributed by atoms with Gasteiger partial charge in [0.1, 0.15) is 24.1 Å². The number of hydrogen-bond acceptors (Lipinski definition) is 12. The van der Waals surface area contributed by atoms with Crippen LogP contribution in [0.1, 0.15) is 149 Å². The van der Waals surface area contributed by atoms with Gasteiger partial charge in [-0.15, -0.1) is 6.58 Å². The highest BCUT2D eigenvalue weighted by atomic mass is 16.7. The number of nitro groups is 1. The van der Waals surface area contributed by atoms with Crippen molar-refractivity contribution in [2.75, 3.05) is 33.4 Å². The summed E-state index contributed by atoms with van der Waals surface area (Å²) in [5.74, 6) is -2.08. The smallest absolute Gasteiger partial charge is 0.412 e. The lowest BCUT2D eigenvalue weighted by atomic mass is 9.55. The Labute approximate surface area is 419 Å². The fourth-order valence-corrected chi connectivity index (χ4v) is 10.7. The third-order valence-electron chi connectivity index (χ3n) is 14.3. The van der Waals surface area contributed by atoms with Gasteiger partial charge in [-0.25, -0.2) is 4.79 Å². The minimum absolute atomic E-state index is 0.0106. The van der Waals surface area contributed by atoms with Crippen LogP contribution in [0.25, 0.3) is 0 Å². The zero-order chi connectivity index (χ0) is 50.6. The fraction of sp³-hybridized carbons (Fsp3) is 0.536. The maximum Gasteiger partial charge on any atom is 0.412 e. The molecule has 6 rings (SSSR count). The maximum atomic E-state index is 14.7. The Balaban J connectivity index is 1.39. The van der Waals surface area contributed by atoms with Crippen LogP contribution >= 0.6 is 0 Å². The van der Waals surface area contributed by atoms with Crippen LogP contribution in [0.4, 0.5) is 10.5 Å². The van der Waals surface area contributed by atoms with Crippen LogP contribution in [0.5, 0.6) is 11.5 Å². The number of nitro benzene ring substituents is 1. The number of carbonyl (C=O) groups is 2. The van der Waals surface area contributed by atoms with Crippen molar-refractivity contribution in [2.45, 2.75) is 140 Å². The van der Waals surface area contributed by atoms with E-state index in [1.54, 1.807) is 66.6 Å². The number of ether oxygens (including phenoxy) is 3. The number of unbranched alkanes of at least 4 members (excludes halogenated alkanes) is 11. The van der Waals surface area contributed by atoms with E-state index in [0.29, 0.717) is 59.7 Å². The molecule has 1 fully saturated rings. The van der Waals surface area contributed by atoms with E-state index in [1.165, 1.54) is 57.1 Å². The number of nitriles is 1. The first-order valence-corrected chi connectivity index (χ1v) is 25.8. The van der Waals surface area contributed by atoms with E-state index in [0.717, 1.165) is 49.7 Å². The standard InChI is InChI=1S/C56H73N5O10/c1-4-6-7-8-9-10-11-12-13-16-31-58-55(65)70-45-29-30-50-48(36-45)52-46(20-15-18-33-63)43(19-14-17-32-62)35-47-49(59-69-39-41-23-27-44(28-24-41)61(66)67)37-51(56(71-50,53(47)52)68-34-5-2)60(3)54(64)42-25-21-40(38-57)22-26-42/h5,21-30,35-36,43,46,51-53,62-63H,2,4,6-20,31-34,37,39H2,1,3H3,(H,58,65)/t43-,46+,51-,52+,53+,56+/m0/s1. The second kappa shape index (κ2) is 27.5. The van der Waals surface area contributed by atoms with Gasteiger partial charge in [0.2, 0.25) is 5.79 Å². The molecule has 0 bridgehead atoms. The number of nitrogens with zero attached hydrogens (tertiary/aromatic N) is 4. The van der Waals surface area contributed by atoms with E-state index < -0.39 is 28.8 Å². The van der Waals surface area contributed by atoms with E-state index in [9.17, 15) is 35.2 Å². The summed E-state index contributed by atoms with van der Waals surface area (Å²) in [4.78, 5) is 46.7. The third-order valence-corrected chi connectivity index (χ3v) is 14.3.